The highest BCUT2D eigenvalue weighted by Crippen LogP contribution is 2.20. The average Bonchev–Trinajstić information content (AvgIpc) is 2.40. The minimum absolute atomic E-state index is 0.109. The highest BCUT2D eigenvalue weighted by atomic mass is 19.2. The van der Waals surface area contributed by atoms with Crippen LogP contribution < -0.4 is 15.7 Å². The summed E-state index contributed by atoms with van der Waals surface area (Å²) in [6.07, 6.45) is 0. The molecule has 0 heterocycles. The third-order valence-electron chi connectivity index (χ3n) is 2.95. The molecule has 0 fully saturated rings. The smallest absolute Gasteiger partial charge is 0.203 e. The summed E-state index contributed by atoms with van der Waals surface area (Å²) < 4.78 is 72.2. The molecule has 0 aliphatic heterocycles. The van der Waals surface area contributed by atoms with Gasteiger partial charge in [0, 0.05) is 12.1 Å². The van der Waals surface area contributed by atoms with Crippen LogP contribution >= 0.6 is 0 Å². The molecule has 0 spiro atoms. The Morgan fingerprint density at radius 3 is 2.10 bits per heavy atom. The Balaban J connectivity index is 2.52. The minimum Gasteiger partial charge on any atom is -0.491 e. The van der Waals surface area contributed by atoms with Gasteiger partial charge in [0.1, 0.15) is 17.5 Å². The first kappa shape index (κ1) is 15.3. The molecule has 0 saturated heterocycles. The van der Waals surface area contributed by atoms with Crippen molar-refractivity contribution in [2.24, 2.45) is 0 Å². The number of ether oxygens (including phenoxy) is 1. The van der Waals surface area contributed by atoms with Crippen LogP contribution in [0.15, 0.2) is 18.2 Å². The van der Waals surface area contributed by atoms with Crippen molar-refractivity contribution in [3.8, 4) is 5.75 Å². The second kappa shape index (κ2) is 5.75. The van der Waals surface area contributed by atoms with Crippen molar-refractivity contribution in [2.75, 3.05) is 7.11 Å². The zero-order valence-electron chi connectivity index (χ0n) is 11.1. The van der Waals surface area contributed by atoms with E-state index in [1.54, 1.807) is 0 Å². The van der Waals surface area contributed by atoms with Crippen LogP contribution in [0.1, 0.15) is 5.56 Å². The fraction of sp³-hybridized carbons (Fsp3) is 0.143. The topological polar surface area (TPSA) is 9.23 Å². The van der Waals surface area contributed by atoms with Crippen LogP contribution in [0.25, 0.3) is 0 Å². The van der Waals surface area contributed by atoms with Crippen molar-refractivity contribution < 1.29 is 26.7 Å². The lowest BCUT2D eigenvalue weighted by Gasteiger charge is -2.10. The van der Waals surface area contributed by atoms with E-state index < -0.39 is 40.3 Å². The van der Waals surface area contributed by atoms with E-state index in [1.807, 2.05) is 0 Å². The number of benzene rings is 2. The van der Waals surface area contributed by atoms with Crippen molar-refractivity contribution in [1.29, 1.82) is 0 Å². The third kappa shape index (κ3) is 2.86. The fourth-order valence-corrected chi connectivity index (χ4v) is 1.85. The van der Waals surface area contributed by atoms with E-state index in [9.17, 15) is 22.0 Å². The molecule has 2 aromatic rings. The maximum Gasteiger partial charge on any atom is 0.203 e. The first-order valence-corrected chi connectivity index (χ1v) is 5.87. The second-order valence-corrected chi connectivity index (χ2v) is 4.37. The summed E-state index contributed by atoms with van der Waals surface area (Å²) in [5.74, 6) is -6.26. The Morgan fingerprint density at radius 2 is 1.48 bits per heavy atom. The fourth-order valence-electron chi connectivity index (χ4n) is 1.85. The van der Waals surface area contributed by atoms with Gasteiger partial charge in [-0.25, -0.2) is 22.0 Å². The lowest BCUT2D eigenvalue weighted by molar-refractivity contribution is 0.358. The minimum atomic E-state index is -1.30. The molecule has 0 bridgehead atoms. The van der Waals surface area contributed by atoms with E-state index >= 15 is 0 Å². The van der Waals surface area contributed by atoms with E-state index in [-0.39, 0.29) is 11.0 Å². The summed E-state index contributed by atoms with van der Waals surface area (Å²) in [6.45, 7) is 1.38. The molecule has 109 valence electrons. The summed E-state index contributed by atoms with van der Waals surface area (Å²) in [5, 5.41) is 0. The number of rotatable bonds is 3. The molecular weight excluding hydrogens is 290 g/mol. The Morgan fingerprint density at radius 1 is 0.857 bits per heavy atom. The van der Waals surface area contributed by atoms with Crippen LogP contribution in [0.5, 0.6) is 5.75 Å². The Hall–Kier alpha value is -2.05. The molecule has 21 heavy (non-hydrogen) atoms. The Bertz CT molecular complexity index is 702. The molecule has 0 unspecified atom stereocenters. The molecule has 7 heteroatoms. The number of methoxy groups -OCH3 is 1. The van der Waals surface area contributed by atoms with Crippen LogP contribution in [0.2, 0.25) is 0 Å². The highest BCUT2D eigenvalue weighted by molar-refractivity contribution is 6.67. The summed E-state index contributed by atoms with van der Waals surface area (Å²) in [5.41, 5.74) is -0.781. The standard InChI is InChI=1S/C14H9BF5O/c1-6-3-7(9(17)4-8(6)16)15-12-10(18)5-11(19)14(21-2)13(12)20/h3-5H,1-2H3. The summed E-state index contributed by atoms with van der Waals surface area (Å²) in [6, 6.07) is 2.14. The Labute approximate surface area is 118 Å². The highest BCUT2D eigenvalue weighted by Gasteiger charge is 2.22. The van der Waals surface area contributed by atoms with Gasteiger partial charge in [-0.15, -0.1) is 0 Å². The van der Waals surface area contributed by atoms with Gasteiger partial charge in [0.2, 0.25) is 7.28 Å². The van der Waals surface area contributed by atoms with Crippen molar-refractivity contribution in [3.63, 3.8) is 0 Å². The first-order chi connectivity index (χ1) is 9.85. The van der Waals surface area contributed by atoms with Gasteiger partial charge in [-0.2, -0.15) is 0 Å². The maximum atomic E-state index is 14.0. The Kier molecular flexibility index (Phi) is 4.20. The predicted molar refractivity (Wildman–Crippen MR) is 69.0 cm³/mol. The molecule has 0 amide bonds. The van der Waals surface area contributed by atoms with Crippen LogP contribution in [0, 0.1) is 36.0 Å². The maximum absolute atomic E-state index is 14.0. The molecule has 0 atom stereocenters. The molecule has 0 aliphatic rings. The number of aryl methyl sites for hydroxylation is 1. The third-order valence-corrected chi connectivity index (χ3v) is 2.95. The molecule has 0 aromatic heterocycles. The van der Waals surface area contributed by atoms with Crippen LogP contribution in [0.4, 0.5) is 22.0 Å². The van der Waals surface area contributed by atoms with Gasteiger partial charge in [0.05, 0.1) is 7.11 Å². The largest absolute Gasteiger partial charge is 0.491 e. The van der Waals surface area contributed by atoms with Crippen LogP contribution in [-0.2, 0) is 0 Å². The quantitative estimate of drug-likeness (QED) is 0.624. The van der Waals surface area contributed by atoms with Gasteiger partial charge in [0.25, 0.3) is 0 Å². The van der Waals surface area contributed by atoms with Gasteiger partial charge in [-0.3, -0.25) is 0 Å². The van der Waals surface area contributed by atoms with E-state index in [4.69, 9.17) is 0 Å². The average molecular weight is 299 g/mol. The zero-order valence-corrected chi connectivity index (χ0v) is 11.1. The SMILES string of the molecule is COc1c(F)cc(F)c([B]c2cc(C)c(F)cc2F)c1F. The number of hydrogen-bond donors (Lipinski definition) is 0. The molecule has 2 aromatic carbocycles. The lowest BCUT2D eigenvalue weighted by atomic mass is 9.63. The van der Waals surface area contributed by atoms with Gasteiger partial charge in [-0.1, -0.05) is 6.07 Å². The van der Waals surface area contributed by atoms with Crippen LogP contribution in [0.3, 0.4) is 0 Å². The molecule has 0 N–H and O–H groups in total. The van der Waals surface area contributed by atoms with Gasteiger partial charge >= 0.3 is 0 Å². The summed E-state index contributed by atoms with van der Waals surface area (Å²) in [4.78, 5) is 0. The van der Waals surface area contributed by atoms with E-state index in [0.29, 0.717) is 12.1 Å². The monoisotopic (exact) mass is 299 g/mol. The molecule has 0 saturated carbocycles. The molecule has 0 aliphatic carbocycles. The molecular formula is C14H9BF5O. The van der Waals surface area contributed by atoms with Gasteiger partial charge in [0.15, 0.2) is 17.4 Å². The number of halogens is 5. The van der Waals surface area contributed by atoms with Crippen LogP contribution in [-0.4, -0.2) is 14.4 Å². The van der Waals surface area contributed by atoms with E-state index in [2.05, 4.69) is 4.74 Å². The summed E-state index contributed by atoms with van der Waals surface area (Å²) in [7, 11) is 1.85. The first-order valence-electron chi connectivity index (χ1n) is 5.87. The lowest BCUT2D eigenvalue weighted by Crippen LogP contribution is -2.35. The van der Waals surface area contributed by atoms with Crippen molar-refractivity contribution >= 4 is 18.2 Å². The number of hydrogen-bond acceptors (Lipinski definition) is 1. The molecule has 1 nitrogen and oxygen atoms in total. The van der Waals surface area contributed by atoms with Gasteiger partial charge in [-0.05, 0) is 23.4 Å². The van der Waals surface area contributed by atoms with E-state index in [0.717, 1.165) is 20.5 Å². The van der Waals surface area contributed by atoms with Crippen molar-refractivity contribution in [3.05, 3.63) is 52.8 Å². The van der Waals surface area contributed by atoms with Crippen molar-refractivity contribution in [2.45, 2.75) is 6.92 Å². The summed E-state index contributed by atoms with van der Waals surface area (Å²) >= 11 is 0. The predicted octanol–water partition coefficient (Wildman–Crippen LogP) is 2.35. The zero-order chi connectivity index (χ0) is 15.7. The second-order valence-electron chi connectivity index (χ2n) is 4.37. The molecule has 1 radical (unpaired) electrons. The van der Waals surface area contributed by atoms with Gasteiger partial charge < -0.3 is 4.74 Å². The molecule has 2 rings (SSSR count). The normalized spacial score (nSPS) is 10.6. The van der Waals surface area contributed by atoms with Crippen molar-refractivity contribution in [1.82, 2.24) is 0 Å². The van der Waals surface area contributed by atoms with E-state index in [1.165, 1.54) is 6.92 Å².